The van der Waals surface area contributed by atoms with Crippen molar-refractivity contribution in [3.63, 3.8) is 0 Å². The van der Waals surface area contributed by atoms with Crippen LogP contribution < -0.4 is 11.1 Å². The smallest absolute Gasteiger partial charge is 0.407 e. The highest BCUT2D eigenvalue weighted by Gasteiger charge is 2.26. The first-order valence-corrected chi connectivity index (χ1v) is 6.28. The third-order valence-electron chi connectivity index (χ3n) is 2.50. The van der Waals surface area contributed by atoms with E-state index < -0.39 is 11.7 Å². The average molecular weight is 257 g/mol. The summed E-state index contributed by atoms with van der Waals surface area (Å²) in [6.07, 6.45) is 0.604. The van der Waals surface area contributed by atoms with Gasteiger partial charge in [0.15, 0.2) is 0 Å². The minimum Gasteiger partial charge on any atom is -0.444 e. The molecule has 2 amide bonds. The van der Waals surface area contributed by atoms with Gasteiger partial charge in [-0.2, -0.15) is 0 Å². The summed E-state index contributed by atoms with van der Waals surface area (Å²) in [4.78, 5) is 24.6. The second-order valence-electron chi connectivity index (χ2n) is 5.59. The van der Waals surface area contributed by atoms with Crippen molar-refractivity contribution < 1.29 is 14.3 Å². The van der Waals surface area contributed by atoms with Crippen LogP contribution in [0.4, 0.5) is 4.79 Å². The van der Waals surface area contributed by atoms with Gasteiger partial charge in [0, 0.05) is 32.1 Å². The minimum absolute atomic E-state index is 0.0997. The summed E-state index contributed by atoms with van der Waals surface area (Å²) < 4.78 is 5.08. The van der Waals surface area contributed by atoms with E-state index in [-0.39, 0.29) is 11.9 Å². The number of alkyl carbamates (subject to hydrolysis) is 1. The molecule has 6 nitrogen and oxygen atoms in total. The van der Waals surface area contributed by atoms with Crippen molar-refractivity contribution in [3.05, 3.63) is 0 Å². The molecule has 3 N–H and O–H groups in total. The van der Waals surface area contributed by atoms with Gasteiger partial charge in [-0.1, -0.05) is 0 Å². The van der Waals surface area contributed by atoms with Crippen molar-refractivity contribution in [2.24, 2.45) is 5.73 Å². The van der Waals surface area contributed by atoms with Crippen LogP contribution in [0.25, 0.3) is 0 Å². The van der Waals surface area contributed by atoms with Gasteiger partial charge < -0.3 is 20.7 Å². The Morgan fingerprint density at radius 2 is 2.00 bits per heavy atom. The largest absolute Gasteiger partial charge is 0.444 e. The van der Waals surface area contributed by atoms with Crippen molar-refractivity contribution in [2.75, 3.05) is 19.6 Å². The fourth-order valence-electron chi connectivity index (χ4n) is 1.62. The summed E-state index contributed by atoms with van der Waals surface area (Å²) in [6, 6.07) is 0.133. The molecule has 0 saturated carbocycles. The highest BCUT2D eigenvalue weighted by molar-refractivity contribution is 5.77. The molecule has 0 aromatic carbocycles. The Bertz CT molecular complexity index is 306. The predicted molar refractivity (Wildman–Crippen MR) is 68.0 cm³/mol. The number of carbonyl (C=O) groups excluding carboxylic acids is 2. The highest BCUT2D eigenvalue weighted by atomic mass is 16.6. The molecule has 0 radical (unpaired) electrons. The first kappa shape index (κ1) is 14.8. The predicted octanol–water partition coefficient (Wildman–Crippen LogP) is 0.461. The van der Waals surface area contributed by atoms with Crippen molar-refractivity contribution in [1.29, 1.82) is 0 Å². The summed E-state index contributed by atoms with van der Waals surface area (Å²) in [5.41, 5.74) is 5.10. The van der Waals surface area contributed by atoms with Crippen LogP contribution in [0, 0.1) is 0 Å². The molecule has 1 fully saturated rings. The van der Waals surface area contributed by atoms with Crippen molar-refractivity contribution >= 4 is 12.0 Å². The van der Waals surface area contributed by atoms with Gasteiger partial charge >= 0.3 is 6.09 Å². The zero-order chi connectivity index (χ0) is 13.8. The number of nitrogens with zero attached hydrogens (tertiary/aromatic N) is 1. The van der Waals surface area contributed by atoms with Gasteiger partial charge in [-0.15, -0.1) is 0 Å². The lowest BCUT2D eigenvalue weighted by atomic mass is 10.1. The van der Waals surface area contributed by atoms with Crippen LogP contribution in [-0.4, -0.2) is 48.2 Å². The van der Waals surface area contributed by atoms with Crippen molar-refractivity contribution in [3.8, 4) is 0 Å². The van der Waals surface area contributed by atoms with Gasteiger partial charge in [0.1, 0.15) is 5.60 Å². The number of amides is 2. The first-order chi connectivity index (χ1) is 8.28. The molecule has 0 atom stereocenters. The van der Waals surface area contributed by atoms with Crippen LogP contribution in [0.15, 0.2) is 0 Å². The van der Waals surface area contributed by atoms with E-state index in [1.54, 1.807) is 4.90 Å². The second-order valence-corrected chi connectivity index (χ2v) is 5.59. The van der Waals surface area contributed by atoms with Crippen LogP contribution in [0.1, 0.15) is 33.6 Å². The SMILES string of the molecule is CC(C)(C)OC(=O)NCCCC(=O)N1CC(N)C1. The lowest BCUT2D eigenvalue weighted by molar-refractivity contribution is -0.135. The maximum atomic E-state index is 11.6. The Balaban J connectivity index is 2.05. The molecule has 0 bridgehead atoms. The third kappa shape index (κ3) is 5.35. The number of hydrogen-bond acceptors (Lipinski definition) is 4. The average Bonchev–Trinajstić information content (AvgIpc) is 2.17. The minimum atomic E-state index is -0.492. The molecule has 0 spiro atoms. The summed E-state index contributed by atoms with van der Waals surface area (Å²) in [7, 11) is 0. The van der Waals surface area contributed by atoms with Crippen molar-refractivity contribution in [1.82, 2.24) is 10.2 Å². The summed E-state index contributed by atoms with van der Waals surface area (Å²) in [5.74, 6) is 0.0997. The fraction of sp³-hybridized carbons (Fsp3) is 0.833. The number of hydrogen-bond donors (Lipinski definition) is 2. The molecule has 104 valence electrons. The summed E-state index contributed by atoms with van der Waals surface area (Å²) in [5, 5.41) is 2.62. The first-order valence-electron chi connectivity index (χ1n) is 6.28. The van der Waals surface area contributed by atoms with Gasteiger partial charge in [0.2, 0.25) is 5.91 Å². The van der Waals surface area contributed by atoms with Crippen LogP contribution in [0.5, 0.6) is 0 Å². The molecule has 0 aromatic heterocycles. The lowest BCUT2D eigenvalue weighted by Crippen LogP contribution is -2.57. The Labute approximate surface area is 108 Å². The molecule has 1 saturated heterocycles. The number of carbonyl (C=O) groups is 2. The number of ether oxygens (including phenoxy) is 1. The molecule has 18 heavy (non-hydrogen) atoms. The molecule has 1 heterocycles. The van der Waals surface area contributed by atoms with Crippen molar-refractivity contribution in [2.45, 2.75) is 45.3 Å². The number of nitrogens with one attached hydrogen (secondary N) is 1. The molecule has 0 aliphatic carbocycles. The number of nitrogens with two attached hydrogens (primary N) is 1. The van der Waals surface area contributed by atoms with E-state index >= 15 is 0 Å². The zero-order valence-corrected chi connectivity index (χ0v) is 11.4. The molecule has 1 rings (SSSR count). The molecule has 1 aliphatic rings. The van der Waals surface area contributed by atoms with Gasteiger partial charge in [-0.3, -0.25) is 4.79 Å². The Morgan fingerprint density at radius 1 is 1.39 bits per heavy atom. The summed E-state index contributed by atoms with van der Waals surface area (Å²) >= 11 is 0. The molecular formula is C12H23N3O3. The van der Waals surface area contributed by atoms with E-state index in [1.165, 1.54) is 0 Å². The maximum Gasteiger partial charge on any atom is 0.407 e. The van der Waals surface area contributed by atoms with Crippen LogP contribution in [-0.2, 0) is 9.53 Å². The zero-order valence-electron chi connectivity index (χ0n) is 11.4. The number of rotatable bonds is 4. The van der Waals surface area contributed by atoms with Gasteiger partial charge in [0.25, 0.3) is 0 Å². The van der Waals surface area contributed by atoms with E-state index in [2.05, 4.69) is 5.32 Å². The number of likely N-dealkylation sites (tertiary alicyclic amines) is 1. The van der Waals surface area contributed by atoms with E-state index in [1.807, 2.05) is 20.8 Å². The van der Waals surface area contributed by atoms with Crippen LogP contribution >= 0.6 is 0 Å². The molecule has 6 heteroatoms. The van der Waals surface area contributed by atoms with E-state index in [4.69, 9.17) is 10.5 Å². The third-order valence-corrected chi connectivity index (χ3v) is 2.50. The monoisotopic (exact) mass is 257 g/mol. The standard InChI is InChI=1S/C12H23N3O3/c1-12(2,3)18-11(17)14-6-4-5-10(16)15-7-9(13)8-15/h9H,4-8,13H2,1-3H3,(H,14,17). The van der Waals surface area contributed by atoms with Gasteiger partial charge in [-0.25, -0.2) is 4.79 Å². The fourth-order valence-corrected chi connectivity index (χ4v) is 1.62. The van der Waals surface area contributed by atoms with Crippen LogP contribution in [0.3, 0.4) is 0 Å². The van der Waals surface area contributed by atoms with E-state index in [0.717, 1.165) is 0 Å². The highest BCUT2D eigenvalue weighted by Crippen LogP contribution is 2.08. The molecule has 0 aromatic rings. The quantitative estimate of drug-likeness (QED) is 0.717. The van der Waals surface area contributed by atoms with E-state index in [9.17, 15) is 9.59 Å². The Kier molecular flexibility index (Phi) is 4.95. The molecule has 0 unspecified atom stereocenters. The topological polar surface area (TPSA) is 84.7 Å². The van der Waals surface area contributed by atoms with E-state index in [0.29, 0.717) is 32.5 Å². The normalized spacial score (nSPS) is 16.1. The Morgan fingerprint density at radius 3 is 2.50 bits per heavy atom. The Hall–Kier alpha value is -1.30. The van der Waals surface area contributed by atoms with Crippen LogP contribution in [0.2, 0.25) is 0 Å². The van der Waals surface area contributed by atoms with Gasteiger partial charge in [-0.05, 0) is 27.2 Å². The summed E-state index contributed by atoms with van der Waals surface area (Å²) in [6.45, 7) is 7.17. The second kappa shape index (κ2) is 6.04. The molecule has 1 aliphatic heterocycles. The maximum absolute atomic E-state index is 11.6. The molecular weight excluding hydrogens is 234 g/mol. The van der Waals surface area contributed by atoms with Gasteiger partial charge in [0.05, 0.1) is 0 Å². The lowest BCUT2D eigenvalue weighted by Gasteiger charge is -2.36.